The molecule has 1 aliphatic heterocycles. The summed E-state index contributed by atoms with van der Waals surface area (Å²) < 4.78 is 49.5. The van der Waals surface area contributed by atoms with E-state index in [0.29, 0.717) is 22.3 Å². The number of hydrogen-bond donors (Lipinski definition) is 0. The Labute approximate surface area is 129 Å². The molecule has 0 saturated carbocycles. The van der Waals surface area contributed by atoms with Gasteiger partial charge >= 0.3 is 12.2 Å². The molecule has 3 rings (SSSR count). The fourth-order valence-corrected chi connectivity index (χ4v) is 2.41. The van der Waals surface area contributed by atoms with Crippen LogP contribution in [-0.2, 0) is 12.7 Å². The third-order valence-corrected chi connectivity index (χ3v) is 3.47. The van der Waals surface area contributed by atoms with E-state index in [0.717, 1.165) is 12.1 Å². The molecule has 120 valence electrons. The number of alkyl halides is 3. The number of aromatic nitrogens is 2. The summed E-state index contributed by atoms with van der Waals surface area (Å²) >= 11 is 0. The summed E-state index contributed by atoms with van der Waals surface area (Å²) in [4.78, 5) is 12.0. The van der Waals surface area contributed by atoms with E-state index in [1.807, 2.05) is 0 Å². The van der Waals surface area contributed by atoms with E-state index < -0.39 is 11.7 Å². The molecule has 5 nitrogen and oxygen atoms in total. The first-order chi connectivity index (χ1) is 10.9. The fourth-order valence-electron chi connectivity index (χ4n) is 2.41. The minimum atomic E-state index is -4.45. The van der Waals surface area contributed by atoms with E-state index in [4.69, 9.17) is 9.47 Å². The van der Waals surface area contributed by atoms with Crippen LogP contribution in [0, 0.1) is 0 Å². The summed E-state index contributed by atoms with van der Waals surface area (Å²) in [6.07, 6.45) is -1.52. The summed E-state index contributed by atoms with van der Waals surface area (Å²) in [5.41, 5.74) is 1.06. The van der Waals surface area contributed by atoms with Gasteiger partial charge in [0.15, 0.2) is 0 Å². The quantitative estimate of drug-likeness (QED) is 0.871. The molecule has 1 aromatic carbocycles. The van der Waals surface area contributed by atoms with E-state index in [9.17, 15) is 13.2 Å². The number of aliphatic imine (C=N–C) groups is 1. The van der Waals surface area contributed by atoms with Gasteiger partial charge in [0.2, 0.25) is 5.88 Å². The van der Waals surface area contributed by atoms with Crippen LogP contribution in [0.15, 0.2) is 23.3 Å². The van der Waals surface area contributed by atoms with E-state index in [-0.39, 0.29) is 18.4 Å². The predicted octanol–water partition coefficient (Wildman–Crippen LogP) is 3.11. The highest BCUT2D eigenvalue weighted by atomic mass is 19.4. The van der Waals surface area contributed by atoms with Crippen molar-refractivity contribution in [1.82, 2.24) is 9.97 Å². The van der Waals surface area contributed by atoms with Crippen molar-refractivity contribution >= 4 is 6.21 Å². The monoisotopic (exact) mass is 323 g/mol. The van der Waals surface area contributed by atoms with Crippen molar-refractivity contribution in [2.75, 3.05) is 14.2 Å². The summed E-state index contributed by atoms with van der Waals surface area (Å²) in [7, 11) is 2.77. The van der Waals surface area contributed by atoms with Crippen LogP contribution in [0.1, 0.15) is 16.7 Å². The number of nitrogens with zero attached hydrogens (tertiary/aromatic N) is 3. The average molecular weight is 323 g/mol. The minimum Gasteiger partial charge on any atom is -0.480 e. The van der Waals surface area contributed by atoms with Crippen molar-refractivity contribution in [2.24, 2.45) is 4.99 Å². The lowest BCUT2D eigenvalue weighted by molar-refractivity contribution is -0.137. The highest BCUT2D eigenvalue weighted by molar-refractivity contribution is 5.95. The van der Waals surface area contributed by atoms with Gasteiger partial charge in [0.25, 0.3) is 0 Å². The molecule has 0 aliphatic carbocycles. The van der Waals surface area contributed by atoms with Gasteiger partial charge in [0.05, 0.1) is 31.9 Å². The van der Waals surface area contributed by atoms with Gasteiger partial charge in [-0.1, -0.05) is 0 Å². The molecule has 1 aliphatic rings. The van der Waals surface area contributed by atoms with Crippen LogP contribution >= 0.6 is 0 Å². The topological polar surface area (TPSA) is 56.6 Å². The van der Waals surface area contributed by atoms with E-state index in [2.05, 4.69) is 15.0 Å². The number of rotatable bonds is 3. The zero-order valence-electron chi connectivity index (χ0n) is 12.3. The molecule has 8 heteroatoms. The zero-order chi connectivity index (χ0) is 16.6. The number of hydrogen-bond acceptors (Lipinski definition) is 5. The molecule has 0 radical (unpaired) electrons. The highest BCUT2D eigenvalue weighted by Gasteiger charge is 2.33. The predicted molar refractivity (Wildman–Crippen MR) is 76.9 cm³/mol. The van der Waals surface area contributed by atoms with Gasteiger partial charge in [-0.3, -0.25) is 4.99 Å². The number of benzene rings is 1. The Morgan fingerprint density at radius 2 is 1.87 bits per heavy atom. The van der Waals surface area contributed by atoms with Gasteiger partial charge in [-0.2, -0.15) is 18.2 Å². The smallest absolute Gasteiger partial charge is 0.416 e. The average Bonchev–Trinajstić information content (AvgIpc) is 3.01. The van der Waals surface area contributed by atoms with Crippen molar-refractivity contribution in [3.05, 3.63) is 35.0 Å². The molecule has 1 aromatic heterocycles. The molecule has 0 N–H and O–H groups in total. The Hall–Kier alpha value is -2.64. The summed E-state index contributed by atoms with van der Waals surface area (Å²) in [5.74, 6) is 0.138. The van der Waals surface area contributed by atoms with Gasteiger partial charge in [0.1, 0.15) is 0 Å². The Morgan fingerprint density at radius 3 is 2.52 bits per heavy atom. The van der Waals surface area contributed by atoms with E-state index >= 15 is 0 Å². The Bertz CT molecular complexity index is 788. The SMILES string of the molecule is COc1ncc(-c2cc(C(F)(F)F)cc3c2C=NC3)c(OC)n1. The first-order valence-corrected chi connectivity index (χ1v) is 6.63. The molecule has 2 heterocycles. The van der Waals surface area contributed by atoms with Gasteiger partial charge < -0.3 is 9.47 Å². The number of methoxy groups -OCH3 is 2. The van der Waals surface area contributed by atoms with Gasteiger partial charge in [0, 0.05) is 18.0 Å². The van der Waals surface area contributed by atoms with Crippen molar-refractivity contribution in [1.29, 1.82) is 0 Å². The molecule has 0 saturated heterocycles. The largest absolute Gasteiger partial charge is 0.480 e. The standard InChI is InChI=1S/C15H12F3N3O2/c1-22-13-12(7-20-14(21-13)23-2)10-4-9(15(16,17)18)3-8-5-19-6-11(8)10/h3-4,6-7H,5H2,1-2H3. The summed E-state index contributed by atoms with van der Waals surface area (Å²) in [6.45, 7) is 0.214. The normalized spacial score (nSPS) is 13.1. The molecule has 2 aromatic rings. The lowest BCUT2D eigenvalue weighted by Gasteiger charge is -2.15. The third kappa shape index (κ3) is 2.71. The summed E-state index contributed by atoms with van der Waals surface area (Å²) in [5, 5.41) is 0. The number of ether oxygens (including phenoxy) is 2. The number of fused-ring (bicyclic) bond motifs is 1. The van der Waals surface area contributed by atoms with Crippen LogP contribution in [0.4, 0.5) is 13.2 Å². The van der Waals surface area contributed by atoms with Crippen molar-refractivity contribution in [3.8, 4) is 23.0 Å². The Kier molecular flexibility index (Phi) is 3.67. The second-order valence-electron chi connectivity index (χ2n) is 4.84. The molecule has 0 atom stereocenters. The molecular weight excluding hydrogens is 311 g/mol. The Morgan fingerprint density at radius 1 is 1.09 bits per heavy atom. The maximum absolute atomic E-state index is 13.1. The van der Waals surface area contributed by atoms with Crippen LogP contribution in [0.5, 0.6) is 11.9 Å². The van der Waals surface area contributed by atoms with Crippen LogP contribution < -0.4 is 9.47 Å². The lowest BCUT2D eigenvalue weighted by atomic mass is 9.95. The van der Waals surface area contributed by atoms with Gasteiger partial charge in [-0.05, 0) is 23.3 Å². The second-order valence-corrected chi connectivity index (χ2v) is 4.84. The highest BCUT2D eigenvalue weighted by Crippen LogP contribution is 2.39. The van der Waals surface area contributed by atoms with Crippen LogP contribution in [0.2, 0.25) is 0 Å². The first-order valence-electron chi connectivity index (χ1n) is 6.63. The summed E-state index contributed by atoms with van der Waals surface area (Å²) in [6, 6.07) is 2.25. The van der Waals surface area contributed by atoms with Crippen molar-refractivity contribution in [2.45, 2.75) is 12.7 Å². The molecule has 0 fully saturated rings. The van der Waals surface area contributed by atoms with Crippen molar-refractivity contribution < 1.29 is 22.6 Å². The first kappa shape index (κ1) is 15.3. The molecular formula is C15H12F3N3O2. The van der Waals surface area contributed by atoms with Crippen LogP contribution in [0.25, 0.3) is 11.1 Å². The molecule has 0 unspecified atom stereocenters. The zero-order valence-corrected chi connectivity index (χ0v) is 12.3. The maximum Gasteiger partial charge on any atom is 0.416 e. The third-order valence-electron chi connectivity index (χ3n) is 3.47. The van der Waals surface area contributed by atoms with Crippen LogP contribution in [0.3, 0.4) is 0 Å². The second kappa shape index (κ2) is 5.53. The minimum absolute atomic E-state index is 0.0721. The van der Waals surface area contributed by atoms with E-state index in [1.165, 1.54) is 20.4 Å². The fraction of sp³-hybridized carbons (Fsp3) is 0.267. The molecule has 0 spiro atoms. The lowest BCUT2D eigenvalue weighted by Crippen LogP contribution is -2.08. The maximum atomic E-state index is 13.1. The van der Waals surface area contributed by atoms with Gasteiger partial charge in [-0.15, -0.1) is 0 Å². The number of halogens is 3. The molecule has 0 bridgehead atoms. The van der Waals surface area contributed by atoms with Crippen molar-refractivity contribution in [3.63, 3.8) is 0 Å². The van der Waals surface area contributed by atoms with Crippen LogP contribution in [-0.4, -0.2) is 30.4 Å². The van der Waals surface area contributed by atoms with E-state index in [1.54, 1.807) is 6.21 Å². The molecule has 23 heavy (non-hydrogen) atoms. The molecule has 0 amide bonds. The Balaban J connectivity index is 2.24. The van der Waals surface area contributed by atoms with Gasteiger partial charge in [-0.25, -0.2) is 4.98 Å².